The van der Waals surface area contributed by atoms with Crippen molar-refractivity contribution in [2.75, 3.05) is 33.5 Å². The number of esters is 1. The first kappa shape index (κ1) is 25.2. The highest BCUT2D eigenvalue weighted by Crippen LogP contribution is 2.47. The molecule has 0 saturated heterocycles. The molecule has 0 unspecified atom stereocenters. The number of benzene rings is 1. The van der Waals surface area contributed by atoms with Gasteiger partial charge in [-0.25, -0.2) is 4.79 Å². The number of hydrogen-bond donors (Lipinski definition) is 2. The number of fused-ring (bicyclic) bond motifs is 1. The Balaban J connectivity index is 2.72. The van der Waals surface area contributed by atoms with Crippen molar-refractivity contribution in [3.63, 3.8) is 0 Å². The van der Waals surface area contributed by atoms with Crippen molar-refractivity contribution >= 4 is 12.1 Å². The lowest BCUT2D eigenvalue weighted by Crippen LogP contribution is -2.55. The van der Waals surface area contributed by atoms with E-state index in [9.17, 15) is 14.7 Å². The Bertz CT molecular complexity index is 855. The second kappa shape index (κ2) is 11.5. The number of nitrogens with zero attached hydrogens (tertiary/aromatic N) is 1. The van der Waals surface area contributed by atoms with Crippen LogP contribution in [-0.4, -0.2) is 67.7 Å². The third-order valence-corrected chi connectivity index (χ3v) is 5.17. The van der Waals surface area contributed by atoms with E-state index in [0.717, 1.165) is 11.1 Å². The monoisotopic (exact) mass is 448 g/mol. The van der Waals surface area contributed by atoms with E-state index < -0.39 is 36.8 Å². The van der Waals surface area contributed by atoms with Crippen molar-refractivity contribution in [3.8, 4) is 11.5 Å². The normalized spacial score (nSPS) is 18.2. The standard InChI is InChI=1S/C23H32N2O7/c1-6-8-30-22-19-16(10-14(3)21(22)29-5)11-17(13-32-15(4)27)25(20(19)18(24)12-26)23(28)31-9-7-2/h6-7,10,17-18,20,26H,1-2,8-9,11-13,24H2,3-5H3/t17-,18-,20+/m0/s1. The van der Waals surface area contributed by atoms with Crippen molar-refractivity contribution in [3.05, 3.63) is 48.1 Å². The van der Waals surface area contributed by atoms with Crippen LogP contribution in [0.25, 0.3) is 0 Å². The van der Waals surface area contributed by atoms with E-state index in [-0.39, 0.29) is 19.8 Å². The molecule has 1 heterocycles. The minimum Gasteiger partial charge on any atom is -0.493 e. The summed E-state index contributed by atoms with van der Waals surface area (Å²) in [5, 5.41) is 9.95. The number of methoxy groups -OCH3 is 1. The molecule has 9 heteroatoms. The van der Waals surface area contributed by atoms with E-state index in [0.29, 0.717) is 23.5 Å². The van der Waals surface area contributed by atoms with Gasteiger partial charge in [-0.15, -0.1) is 0 Å². The van der Waals surface area contributed by atoms with Gasteiger partial charge in [0.05, 0.1) is 31.8 Å². The Kier molecular flexibility index (Phi) is 9.10. The van der Waals surface area contributed by atoms with E-state index in [1.807, 2.05) is 13.0 Å². The highest BCUT2D eigenvalue weighted by atomic mass is 16.6. The summed E-state index contributed by atoms with van der Waals surface area (Å²) >= 11 is 0. The predicted octanol–water partition coefficient (Wildman–Crippen LogP) is 2.04. The van der Waals surface area contributed by atoms with Gasteiger partial charge in [0.15, 0.2) is 11.5 Å². The fourth-order valence-corrected chi connectivity index (χ4v) is 3.94. The van der Waals surface area contributed by atoms with Crippen LogP contribution in [0.3, 0.4) is 0 Å². The number of carbonyl (C=O) groups excluding carboxylic acids is 2. The molecule has 0 spiro atoms. The average Bonchev–Trinajstić information content (AvgIpc) is 2.77. The molecule has 1 amide bonds. The van der Waals surface area contributed by atoms with Crippen LogP contribution < -0.4 is 15.2 Å². The molecule has 176 valence electrons. The smallest absolute Gasteiger partial charge is 0.411 e. The van der Waals surface area contributed by atoms with Gasteiger partial charge >= 0.3 is 12.1 Å². The molecule has 1 aliphatic rings. The fourth-order valence-electron chi connectivity index (χ4n) is 3.94. The SMILES string of the molecule is C=CCOC(=O)N1[C@H](COC(C)=O)Cc2cc(C)c(OC)c(OCC=C)c2[C@H]1[C@@H](N)CO. The Morgan fingerprint density at radius 3 is 2.53 bits per heavy atom. The van der Waals surface area contributed by atoms with Crippen LogP contribution in [0.1, 0.15) is 29.7 Å². The van der Waals surface area contributed by atoms with Gasteiger partial charge < -0.3 is 29.8 Å². The summed E-state index contributed by atoms with van der Waals surface area (Å²) in [4.78, 5) is 26.0. The maximum absolute atomic E-state index is 13.1. The van der Waals surface area contributed by atoms with Gasteiger partial charge in [-0.3, -0.25) is 9.69 Å². The maximum atomic E-state index is 13.1. The van der Waals surface area contributed by atoms with Crippen LogP contribution in [0.5, 0.6) is 11.5 Å². The number of nitrogens with two attached hydrogens (primary N) is 1. The number of amides is 1. The first-order chi connectivity index (χ1) is 15.3. The van der Waals surface area contributed by atoms with Gasteiger partial charge in [-0.05, 0) is 24.5 Å². The van der Waals surface area contributed by atoms with Crippen molar-refractivity contribution in [2.45, 2.75) is 38.4 Å². The molecule has 3 N–H and O–H groups in total. The van der Waals surface area contributed by atoms with Gasteiger partial charge in [0.25, 0.3) is 0 Å². The zero-order valence-electron chi connectivity index (χ0n) is 18.8. The predicted molar refractivity (Wildman–Crippen MR) is 119 cm³/mol. The van der Waals surface area contributed by atoms with Crippen molar-refractivity contribution in [2.24, 2.45) is 5.73 Å². The molecular formula is C23H32N2O7. The molecule has 9 nitrogen and oxygen atoms in total. The summed E-state index contributed by atoms with van der Waals surface area (Å²) in [6.07, 6.45) is 2.73. The van der Waals surface area contributed by atoms with Gasteiger partial charge in [0.2, 0.25) is 0 Å². The Morgan fingerprint density at radius 2 is 1.97 bits per heavy atom. The van der Waals surface area contributed by atoms with E-state index in [4.69, 9.17) is 24.7 Å². The number of aliphatic hydroxyl groups is 1. The Labute approximate surface area is 188 Å². The van der Waals surface area contributed by atoms with Crippen LogP contribution in [0.4, 0.5) is 4.79 Å². The molecule has 1 aromatic carbocycles. The lowest BCUT2D eigenvalue weighted by atomic mass is 9.83. The van der Waals surface area contributed by atoms with Crippen LogP contribution in [0, 0.1) is 6.92 Å². The summed E-state index contributed by atoms with van der Waals surface area (Å²) in [5.41, 5.74) is 8.61. The molecule has 0 aromatic heterocycles. The molecule has 0 fully saturated rings. The number of carbonyl (C=O) groups is 2. The number of hydrogen-bond acceptors (Lipinski definition) is 8. The Morgan fingerprint density at radius 1 is 1.28 bits per heavy atom. The zero-order chi connectivity index (χ0) is 23.8. The van der Waals surface area contributed by atoms with Crippen molar-refractivity contribution in [1.29, 1.82) is 0 Å². The van der Waals surface area contributed by atoms with Crippen LogP contribution in [-0.2, 0) is 20.7 Å². The third-order valence-electron chi connectivity index (χ3n) is 5.17. The molecule has 0 aliphatic carbocycles. The van der Waals surface area contributed by atoms with Crippen molar-refractivity contribution < 1.29 is 33.6 Å². The summed E-state index contributed by atoms with van der Waals surface area (Å²) in [6, 6.07) is -0.329. The molecular weight excluding hydrogens is 416 g/mol. The first-order valence-corrected chi connectivity index (χ1v) is 10.3. The van der Waals surface area contributed by atoms with E-state index in [2.05, 4.69) is 13.2 Å². The third kappa shape index (κ3) is 5.41. The van der Waals surface area contributed by atoms with Crippen LogP contribution >= 0.6 is 0 Å². The minimum atomic E-state index is -0.872. The summed E-state index contributed by atoms with van der Waals surface area (Å²) < 4.78 is 22.1. The van der Waals surface area contributed by atoms with Crippen LogP contribution in [0.2, 0.25) is 0 Å². The molecule has 3 atom stereocenters. The topological polar surface area (TPSA) is 121 Å². The highest BCUT2D eigenvalue weighted by Gasteiger charge is 2.44. The Hall–Kier alpha value is -3.04. The first-order valence-electron chi connectivity index (χ1n) is 10.3. The quantitative estimate of drug-likeness (QED) is 0.412. The molecule has 1 aromatic rings. The lowest BCUT2D eigenvalue weighted by Gasteiger charge is -2.44. The maximum Gasteiger partial charge on any atom is 0.411 e. The van der Waals surface area contributed by atoms with E-state index in [1.54, 1.807) is 6.08 Å². The average molecular weight is 449 g/mol. The van der Waals surface area contributed by atoms with E-state index in [1.165, 1.54) is 25.0 Å². The van der Waals surface area contributed by atoms with Gasteiger partial charge in [0, 0.05) is 12.5 Å². The summed E-state index contributed by atoms with van der Waals surface area (Å²) in [5.74, 6) is 0.446. The molecule has 1 aliphatic heterocycles. The number of ether oxygens (including phenoxy) is 4. The number of aliphatic hydroxyl groups excluding tert-OH is 1. The number of rotatable bonds is 10. The highest BCUT2D eigenvalue weighted by molar-refractivity contribution is 5.72. The van der Waals surface area contributed by atoms with Gasteiger partial charge in [-0.1, -0.05) is 31.4 Å². The minimum absolute atomic E-state index is 0.0133. The summed E-state index contributed by atoms with van der Waals surface area (Å²) in [6.45, 7) is 10.2. The largest absolute Gasteiger partial charge is 0.493 e. The molecule has 32 heavy (non-hydrogen) atoms. The second-order valence-corrected chi connectivity index (χ2v) is 7.45. The second-order valence-electron chi connectivity index (χ2n) is 7.45. The van der Waals surface area contributed by atoms with Crippen LogP contribution in [0.15, 0.2) is 31.4 Å². The lowest BCUT2D eigenvalue weighted by molar-refractivity contribution is -0.143. The summed E-state index contributed by atoms with van der Waals surface area (Å²) in [7, 11) is 1.53. The fraction of sp³-hybridized carbons (Fsp3) is 0.478. The molecule has 0 bridgehead atoms. The van der Waals surface area contributed by atoms with E-state index >= 15 is 0 Å². The molecule has 0 radical (unpaired) electrons. The van der Waals surface area contributed by atoms with Gasteiger partial charge in [-0.2, -0.15) is 0 Å². The molecule has 0 saturated carbocycles. The van der Waals surface area contributed by atoms with Gasteiger partial charge in [0.1, 0.15) is 19.8 Å². The van der Waals surface area contributed by atoms with Crippen molar-refractivity contribution in [1.82, 2.24) is 4.90 Å². The zero-order valence-corrected chi connectivity index (χ0v) is 18.8. The number of aryl methyl sites for hydroxylation is 1. The molecule has 2 rings (SSSR count).